The number of likely N-dealkylation sites (tertiary alicyclic amines) is 2. The summed E-state index contributed by atoms with van der Waals surface area (Å²) in [7, 11) is 0. The summed E-state index contributed by atoms with van der Waals surface area (Å²) in [5, 5.41) is 0. The Balaban J connectivity index is 1.11. The largest absolute Gasteiger partial charge is 0.466 e. The van der Waals surface area contributed by atoms with E-state index in [1.54, 1.807) is 0 Å². The number of H-pyrrole nitrogens is 1. The number of aromatic nitrogens is 4. The van der Waals surface area contributed by atoms with Crippen molar-refractivity contribution in [3.63, 3.8) is 0 Å². The second-order valence-corrected chi connectivity index (χ2v) is 14.6. The van der Waals surface area contributed by atoms with Crippen LogP contribution in [-0.2, 0) is 42.1 Å². The smallest absolute Gasteiger partial charge is 0.306 e. The van der Waals surface area contributed by atoms with E-state index in [0.717, 1.165) is 49.8 Å². The molecule has 0 aliphatic carbocycles. The predicted molar refractivity (Wildman–Crippen MR) is 178 cm³/mol. The molecule has 0 saturated carbocycles. The van der Waals surface area contributed by atoms with Gasteiger partial charge in [-0.15, -0.1) is 0 Å². The topological polar surface area (TPSA) is 82.5 Å². The number of nitrogens with one attached hydrogen (secondary N) is 1. The lowest BCUT2D eigenvalue weighted by molar-refractivity contribution is -0.143. The second-order valence-electron chi connectivity index (χ2n) is 14.6. The molecule has 0 radical (unpaired) electrons. The Bertz CT molecular complexity index is 1300. The predicted octanol–water partition coefficient (Wildman–Crippen LogP) is 5.53. The fraction of sp³-hybridized carbons (Fsp3) is 0.639. The fourth-order valence-electron chi connectivity index (χ4n) is 7.16. The number of carbonyl (C=O) groups is 1. The maximum Gasteiger partial charge on any atom is 0.306 e. The lowest BCUT2D eigenvalue weighted by atomic mass is 9.77. The molecule has 2 saturated heterocycles. The fourth-order valence-corrected chi connectivity index (χ4v) is 7.16. The number of aromatic amines is 1. The Hall–Kier alpha value is -3.01. The van der Waals surface area contributed by atoms with E-state index in [4.69, 9.17) is 9.72 Å². The van der Waals surface area contributed by atoms with Crippen LogP contribution in [0.4, 0.5) is 0 Å². The number of hydrogen-bond donors (Lipinski definition) is 1. The third-order valence-electron chi connectivity index (χ3n) is 9.45. The summed E-state index contributed by atoms with van der Waals surface area (Å²) in [6.45, 7) is 20.0. The molecule has 0 amide bonds. The van der Waals surface area contributed by atoms with Gasteiger partial charge >= 0.3 is 5.97 Å². The summed E-state index contributed by atoms with van der Waals surface area (Å²) < 4.78 is 7.41. The van der Waals surface area contributed by atoms with Gasteiger partial charge in [0, 0.05) is 57.4 Å². The van der Waals surface area contributed by atoms with Crippen LogP contribution in [0.3, 0.4) is 0 Å². The van der Waals surface area contributed by atoms with E-state index in [0.29, 0.717) is 36.8 Å². The van der Waals surface area contributed by atoms with Gasteiger partial charge in [-0.1, -0.05) is 45.0 Å². The van der Waals surface area contributed by atoms with Crippen LogP contribution < -0.4 is 0 Å². The molecule has 0 bridgehead atoms. The van der Waals surface area contributed by atoms with Gasteiger partial charge in [0.2, 0.25) is 0 Å². The van der Waals surface area contributed by atoms with Crippen LogP contribution >= 0.6 is 0 Å². The summed E-state index contributed by atoms with van der Waals surface area (Å²) in [5.74, 6) is 1.90. The summed E-state index contributed by atoms with van der Waals surface area (Å²) in [6.07, 6.45) is 14.1. The highest BCUT2D eigenvalue weighted by Crippen LogP contribution is 2.40. The molecular weight excluding hydrogens is 562 g/mol. The molecule has 4 heterocycles. The van der Waals surface area contributed by atoms with Crippen molar-refractivity contribution in [2.45, 2.75) is 92.4 Å². The molecule has 1 spiro atoms. The molecule has 2 aliphatic rings. The van der Waals surface area contributed by atoms with Gasteiger partial charge in [-0.3, -0.25) is 9.69 Å². The number of carbonyl (C=O) groups excluding carboxylic acids is 1. The highest BCUT2D eigenvalue weighted by molar-refractivity contribution is 5.69. The Kier molecular flexibility index (Phi) is 11.5. The quantitative estimate of drug-likeness (QED) is 0.225. The van der Waals surface area contributed by atoms with Gasteiger partial charge in [-0.2, -0.15) is 0 Å². The highest BCUT2D eigenvalue weighted by Gasteiger charge is 2.40. The van der Waals surface area contributed by atoms with Crippen molar-refractivity contribution in [1.82, 2.24) is 34.2 Å². The van der Waals surface area contributed by atoms with E-state index in [9.17, 15) is 4.79 Å². The first-order valence-electron chi connectivity index (χ1n) is 17.1. The van der Waals surface area contributed by atoms with Gasteiger partial charge in [0.15, 0.2) is 0 Å². The third kappa shape index (κ3) is 10.2. The summed E-state index contributed by atoms with van der Waals surface area (Å²) >= 11 is 0. The van der Waals surface area contributed by atoms with Gasteiger partial charge in [0.25, 0.3) is 0 Å². The summed E-state index contributed by atoms with van der Waals surface area (Å²) in [4.78, 5) is 32.1. The van der Waals surface area contributed by atoms with Crippen LogP contribution in [0.1, 0.15) is 82.6 Å². The van der Waals surface area contributed by atoms with Crippen molar-refractivity contribution in [2.24, 2.45) is 10.8 Å². The van der Waals surface area contributed by atoms with E-state index >= 15 is 0 Å². The van der Waals surface area contributed by atoms with Crippen LogP contribution in [0.5, 0.6) is 0 Å². The lowest BCUT2D eigenvalue weighted by Gasteiger charge is -2.41. The van der Waals surface area contributed by atoms with E-state index in [1.807, 2.05) is 25.5 Å². The van der Waals surface area contributed by atoms with Crippen LogP contribution in [0.15, 0.2) is 49.1 Å². The lowest BCUT2D eigenvalue weighted by Crippen LogP contribution is -2.44. The summed E-state index contributed by atoms with van der Waals surface area (Å²) in [6, 6.07) is 8.58. The molecule has 2 fully saturated rings. The molecule has 1 N–H and O–H groups in total. The number of piperidine rings is 1. The van der Waals surface area contributed by atoms with Crippen molar-refractivity contribution < 1.29 is 9.53 Å². The number of imidazole rings is 2. The molecule has 9 heteroatoms. The van der Waals surface area contributed by atoms with Crippen LogP contribution in [0.2, 0.25) is 0 Å². The van der Waals surface area contributed by atoms with E-state index in [-0.39, 0.29) is 5.97 Å². The zero-order valence-electron chi connectivity index (χ0n) is 28.1. The Morgan fingerprint density at radius 1 is 0.956 bits per heavy atom. The molecule has 0 unspecified atom stereocenters. The summed E-state index contributed by atoms with van der Waals surface area (Å²) in [5.41, 5.74) is 3.30. The maximum absolute atomic E-state index is 11.8. The minimum Gasteiger partial charge on any atom is -0.466 e. The molecule has 5 rings (SSSR count). The van der Waals surface area contributed by atoms with Crippen LogP contribution in [0.25, 0.3) is 0 Å². The van der Waals surface area contributed by atoms with Crippen molar-refractivity contribution in [3.05, 3.63) is 71.8 Å². The maximum atomic E-state index is 11.8. The average molecular weight is 618 g/mol. The number of aryl methyl sites for hydroxylation is 2. The number of ether oxygens (including phenoxy) is 1. The number of esters is 1. The molecule has 45 heavy (non-hydrogen) atoms. The number of nitrogens with zero attached hydrogens (tertiary/aromatic N) is 6. The van der Waals surface area contributed by atoms with E-state index < -0.39 is 0 Å². The van der Waals surface area contributed by atoms with Gasteiger partial charge < -0.3 is 24.1 Å². The Labute approximate surface area is 270 Å². The van der Waals surface area contributed by atoms with Gasteiger partial charge in [0.05, 0.1) is 19.7 Å². The van der Waals surface area contributed by atoms with Crippen molar-refractivity contribution in [1.29, 1.82) is 0 Å². The zero-order chi connectivity index (χ0) is 31.7. The molecule has 1 aromatic carbocycles. The van der Waals surface area contributed by atoms with Crippen molar-refractivity contribution in [2.75, 3.05) is 45.9 Å². The third-order valence-corrected chi connectivity index (χ3v) is 9.45. The molecule has 9 nitrogen and oxygen atoms in total. The Morgan fingerprint density at radius 3 is 2.38 bits per heavy atom. The molecule has 0 atom stereocenters. The molecule has 2 aromatic heterocycles. The van der Waals surface area contributed by atoms with Gasteiger partial charge in [-0.25, -0.2) is 9.97 Å². The normalized spacial score (nSPS) is 17.4. The monoisotopic (exact) mass is 617 g/mol. The second kappa shape index (κ2) is 15.5. The highest BCUT2D eigenvalue weighted by atomic mass is 16.5. The average Bonchev–Trinajstić information content (AvgIpc) is 3.77. The van der Waals surface area contributed by atoms with Crippen LogP contribution in [0, 0.1) is 10.8 Å². The number of benzene rings is 1. The SMILES string of the molecule is CCOC(=O)CCc1ccc(CN(Cc2ncc[nH]2)Cc2nccn2CCCN2CCC3(CCN(CC(C)(C)C)CC3)C2)cc1. The Morgan fingerprint density at radius 2 is 1.69 bits per heavy atom. The first kappa shape index (κ1) is 33.4. The molecular formula is C36H55N7O2. The standard InChI is InChI=1S/C36H55N7O2/c1-5-45-34(44)12-11-30-7-9-31(10-8-30)25-42(26-32-37-16-17-38-32)27-33-39-18-24-43(33)20-6-19-40-21-13-36(29-40)14-22-41(23-15-36)28-35(2,3)4/h7-10,16-18,24H,5-6,11-15,19-23,25-29H2,1-4H3,(H,37,38). The van der Waals surface area contributed by atoms with Gasteiger partial charge in [0.1, 0.15) is 11.6 Å². The zero-order valence-corrected chi connectivity index (χ0v) is 28.1. The van der Waals surface area contributed by atoms with Crippen molar-refractivity contribution >= 4 is 5.97 Å². The minimum atomic E-state index is -0.140. The molecule has 2 aliphatic heterocycles. The molecule has 246 valence electrons. The van der Waals surface area contributed by atoms with Crippen LogP contribution in [-0.4, -0.2) is 86.1 Å². The van der Waals surface area contributed by atoms with E-state index in [1.165, 1.54) is 57.5 Å². The first-order chi connectivity index (χ1) is 21.7. The van der Waals surface area contributed by atoms with Crippen molar-refractivity contribution in [3.8, 4) is 0 Å². The number of hydrogen-bond acceptors (Lipinski definition) is 7. The number of rotatable bonds is 15. The van der Waals surface area contributed by atoms with Gasteiger partial charge in [-0.05, 0) is 87.2 Å². The molecule has 3 aromatic rings. The minimum absolute atomic E-state index is 0.140. The van der Waals surface area contributed by atoms with E-state index in [2.05, 4.69) is 80.5 Å². The first-order valence-corrected chi connectivity index (χ1v) is 17.1.